The van der Waals surface area contributed by atoms with E-state index in [9.17, 15) is 10.2 Å². The van der Waals surface area contributed by atoms with Crippen molar-refractivity contribution in [1.29, 1.82) is 0 Å². The first kappa shape index (κ1) is 17.8. The molecule has 2 heterocycles. The minimum absolute atomic E-state index is 0.283. The van der Waals surface area contributed by atoms with E-state index in [1.807, 2.05) is 72.8 Å². The average molecular weight is 378 g/mol. The molecular weight excluding hydrogens is 356 g/mol. The number of hydrogen-bond donors (Lipinski definition) is 2. The summed E-state index contributed by atoms with van der Waals surface area (Å²) in [4.78, 5) is 0. The van der Waals surface area contributed by atoms with Crippen molar-refractivity contribution in [2.24, 2.45) is 0 Å². The molecule has 0 aliphatic carbocycles. The Hall–Kier alpha value is -2.28. The number of fused-ring (bicyclic) bond motifs is 2. The van der Waals surface area contributed by atoms with E-state index < -0.39 is 36.8 Å². The van der Waals surface area contributed by atoms with Gasteiger partial charge in [-0.15, -0.1) is 0 Å². The molecule has 3 aromatic carbocycles. The van der Waals surface area contributed by atoms with Crippen molar-refractivity contribution < 1.29 is 24.4 Å². The van der Waals surface area contributed by atoms with Crippen molar-refractivity contribution in [3.8, 4) is 0 Å². The van der Waals surface area contributed by atoms with Gasteiger partial charge in [-0.1, -0.05) is 72.8 Å². The van der Waals surface area contributed by atoms with Gasteiger partial charge in [0.15, 0.2) is 6.29 Å². The molecule has 6 atom stereocenters. The number of hydrogen-bond acceptors (Lipinski definition) is 5. The predicted octanol–water partition coefficient (Wildman–Crippen LogP) is 3.12. The highest BCUT2D eigenvalue weighted by molar-refractivity contribution is 5.85. The van der Waals surface area contributed by atoms with Crippen LogP contribution in [0.2, 0.25) is 0 Å². The molecule has 5 heteroatoms. The van der Waals surface area contributed by atoms with E-state index in [1.54, 1.807) is 0 Å². The monoisotopic (exact) mass is 378 g/mol. The lowest BCUT2D eigenvalue weighted by Crippen LogP contribution is -2.59. The minimum Gasteiger partial charge on any atom is -0.387 e. The Morgan fingerprint density at radius 2 is 1.50 bits per heavy atom. The lowest BCUT2D eigenvalue weighted by molar-refractivity contribution is -0.329. The largest absolute Gasteiger partial charge is 0.387 e. The van der Waals surface area contributed by atoms with Gasteiger partial charge < -0.3 is 24.4 Å². The molecule has 0 saturated carbocycles. The molecule has 2 aliphatic rings. The van der Waals surface area contributed by atoms with Gasteiger partial charge in [-0.05, 0) is 16.3 Å². The van der Waals surface area contributed by atoms with Gasteiger partial charge in [0.05, 0.1) is 6.61 Å². The smallest absolute Gasteiger partial charge is 0.185 e. The number of benzene rings is 3. The van der Waals surface area contributed by atoms with Gasteiger partial charge in [0.2, 0.25) is 0 Å². The normalized spacial score (nSPS) is 32.8. The van der Waals surface area contributed by atoms with E-state index in [-0.39, 0.29) is 6.61 Å². The molecule has 0 radical (unpaired) electrons. The fourth-order valence-corrected chi connectivity index (χ4v) is 4.14. The van der Waals surface area contributed by atoms with Crippen LogP contribution in [0.5, 0.6) is 0 Å². The lowest BCUT2D eigenvalue weighted by Gasteiger charge is -2.46. The minimum atomic E-state index is -1.07. The van der Waals surface area contributed by atoms with Crippen molar-refractivity contribution in [1.82, 2.24) is 0 Å². The van der Waals surface area contributed by atoms with E-state index >= 15 is 0 Å². The molecule has 144 valence electrons. The van der Waals surface area contributed by atoms with Gasteiger partial charge in [0, 0.05) is 5.56 Å². The van der Waals surface area contributed by atoms with Gasteiger partial charge in [-0.25, -0.2) is 0 Å². The molecule has 5 rings (SSSR count). The van der Waals surface area contributed by atoms with Crippen molar-refractivity contribution in [3.05, 3.63) is 83.9 Å². The summed E-state index contributed by atoms with van der Waals surface area (Å²) < 4.78 is 18.1. The van der Waals surface area contributed by atoms with E-state index in [4.69, 9.17) is 14.2 Å². The quantitative estimate of drug-likeness (QED) is 0.717. The molecule has 0 unspecified atom stereocenters. The fourth-order valence-electron chi connectivity index (χ4n) is 4.14. The number of aliphatic hydroxyl groups is 2. The van der Waals surface area contributed by atoms with Gasteiger partial charge in [0.25, 0.3) is 0 Å². The number of rotatable bonds is 2. The van der Waals surface area contributed by atoms with Gasteiger partial charge >= 0.3 is 0 Å². The highest BCUT2D eigenvalue weighted by Gasteiger charge is 2.49. The van der Waals surface area contributed by atoms with Crippen molar-refractivity contribution in [2.45, 2.75) is 36.8 Å². The lowest BCUT2D eigenvalue weighted by atomic mass is 9.90. The second kappa shape index (κ2) is 7.28. The zero-order valence-corrected chi connectivity index (χ0v) is 15.2. The maximum Gasteiger partial charge on any atom is 0.185 e. The third-order valence-corrected chi connectivity index (χ3v) is 5.58. The van der Waals surface area contributed by atoms with Gasteiger partial charge in [-0.3, -0.25) is 0 Å². The summed E-state index contributed by atoms with van der Waals surface area (Å²) in [5, 5.41) is 23.6. The number of aliphatic hydroxyl groups excluding tert-OH is 2. The van der Waals surface area contributed by atoms with Crippen molar-refractivity contribution >= 4 is 10.8 Å². The Balaban J connectivity index is 1.41. The molecule has 2 saturated heterocycles. The molecule has 0 amide bonds. The maximum atomic E-state index is 10.8. The molecule has 3 aromatic rings. The Morgan fingerprint density at radius 3 is 2.36 bits per heavy atom. The highest BCUT2D eigenvalue weighted by atomic mass is 16.7. The molecule has 0 aromatic heterocycles. The standard InChI is InChI=1S/C23H22O5/c24-19-20(25)22-18(27-21(19)15-8-2-1-3-9-15)13-26-23(28-22)17-12-6-10-14-7-4-5-11-16(14)17/h1-12,18-25H,13H2/t18-,19-,20-,21+,22-,23-/m1/s1. The Bertz CT molecular complexity index is 952. The summed E-state index contributed by atoms with van der Waals surface area (Å²) in [7, 11) is 0. The van der Waals surface area contributed by atoms with Crippen LogP contribution in [0, 0.1) is 0 Å². The Labute approximate surface area is 163 Å². The van der Waals surface area contributed by atoms with E-state index in [1.165, 1.54) is 0 Å². The number of ether oxygens (including phenoxy) is 3. The first-order valence-corrected chi connectivity index (χ1v) is 9.53. The maximum absolute atomic E-state index is 10.8. The zero-order chi connectivity index (χ0) is 19.1. The van der Waals surface area contributed by atoms with Gasteiger partial charge in [0.1, 0.15) is 30.5 Å². The van der Waals surface area contributed by atoms with Crippen LogP contribution in [0.25, 0.3) is 10.8 Å². The summed E-state index contributed by atoms with van der Waals surface area (Å²) in [6, 6.07) is 23.4. The van der Waals surface area contributed by atoms with Crippen LogP contribution in [0.4, 0.5) is 0 Å². The summed E-state index contributed by atoms with van der Waals surface area (Å²) >= 11 is 0. The van der Waals surface area contributed by atoms with E-state index in [2.05, 4.69) is 0 Å². The van der Waals surface area contributed by atoms with Crippen molar-refractivity contribution in [3.63, 3.8) is 0 Å². The van der Waals surface area contributed by atoms with Crippen LogP contribution in [0.3, 0.4) is 0 Å². The molecular formula is C23H22O5. The van der Waals surface area contributed by atoms with Crippen LogP contribution in [0.15, 0.2) is 72.8 Å². The fraction of sp³-hybridized carbons (Fsp3) is 0.304. The second-order valence-electron chi connectivity index (χ2n) is 7.32. The first-order chi connectivity index (χ1) is 13.7. The third-order valence-electron chi connectivity index (χ3n) is 5.58. The zero-order valence-electron chi connectivity index (χ0n) is 15.2. The summed E-state index contributed by atoms with van der Waals surface area (Å²) in [5.74, 6) is 0. The topological polar surface area (TPSA) is 68.2 Å². The molecule has 2 fully saturated rings. The first-order valence-electron chi connectivity index (χ1n) is 9.53. The van der Waals surface area contributed by atoms with Gasteiger partial charge in [-0.2, -0.15) is 0 Å². The molecule has 2 N–H and O–H groups in total. The summed E-state index contributed by atoms with van der Waals surface area (Å²) in [6.07, 6.45) is -4.48. The second-order valence-corrected chi connectivity index (χ2v) is 7.32. The van der Waals surface area contributed by atoms with Crippen LogP contribution in [0.1, 0.15) is 23.5 Å². The van der Waals surface area contributed by atoms with Crippen LogP contribution >= 0.6 is 0 Å². The predicted molar refractivity (Wildman–Crippen MR) is 104 cm³/mol. The average Bonchev–Trinajstić information content (AvgIpc) is 2.76. The SMILES string of the molecule is O[C@@H]1[C@@H](O)[C@H](c2ccccc2)O[C@@H]2CO[C@@H](c3cccc4ccccc34)O[C@@H]12. The molecule has 2 aliphatic heterocycles. The Morgan fingerprint density at radius 1 is 0.750 bits per heavy atom. The van der Waals surface area contributed by atoms with Crippen molar-refractivity contribution in [2.75, 3.05) is 6.61 Å². The summed E-state index contributed by atoms with van der Waals surface area (Å²) in [6.45, 7) is 0.283. The molecule has 28 heavy (non-hydrogen) atoms. The molecule has 0 spiro atoms. The van der Waals surface area contributed by atoms with Crippen LogP contribution in [-0.2, 0) is 14.2 Å². The molecule has 0 bridgehead atoms. The third kappa shape index (κ3) is 3.02. The van der Waals surface area contributed by atoms with Crippen LogP contribution in [-0.4, -0.2) is 41.2 Å². The van der Waals surface area contributed by atoms with E-state index in [0.29, 0.717) is 0 Å². The van der Waals surface area contributed by atoms with E-state index in [0.717, 1.165) is 21.9 Å². The van der Waals surface area contributed by atoms with Crippen LogP contribution < -0.4 is 0 Å². The molecule has 5 nitrogen and oxygen atoms in total. The summed E-state index contributed by atoms with van der Waals surface area (Å²) in [5.41, 5.74) is 1.73. The highest BCUT2D eigenvalue weighted by Crippen LogP contribution is 2.40. The Kier molecular flexibility index (Phi) is 4.62.